The molecule has 3 atom stereocenters. The highest BCUT2D eigenvalue weighted by atomic mass is 32.1. The van der Waals surface area contributed by atoms with Gasteiger partial charge in [-0.1, -0.05) is 30.3 Å². The van der Waals surface area contributed by atoms with E-state index in [0.717, 1.165) is 36.8 Å². The molecule has 0 aliphatic carbocycles. The molecule has 0 spiro atoms. The summed E-state index contributed by atoms with van der Waals surface area (Å²) in [5, 5.41) is 5.18. The van der Waals surface area contributed by atoms with E-state index in [2.05, 4.69) is 39.5 Å². The number of benzene rings is 1. The SMILES string of the molecule is O=C(Cc1cn2ccsc2n1)N[C@@H]1C[C@H]2CO[C@@H](c3ccccc3)CN2C1. The number of morpholine rings is 1. The number of fused-ring (bicyclic) bond motifs is 2. The molecule has 0 radical (unpaired) electrons. The zero-order chi connectivity index (χ0) is 18.2. The van der Waals surface area contributed by atoms with Crippen molar-refractivity contribution in [3.63, 3.8) is 0 Å². The molecule has 4 heterocycles. The Labute approximate surface area is 161 Å². The first-order chi connectivity index (χ1) is 13.2. The van der Waals surface area contributed by atoms with Crippen LogP contribution in [0.3, 0.4) is 0 Å². The summed E-state index contributed by atoms with van der Waals surface area (Å²) in [5.74, 6) is 0.0473. The van der Waals surface area contributed by atoms with Crippen LogP contribution in [0, 0.1) is 0 Å². The van der Waals surface area contributed by atoms with Gasteiger partial charge in [0.15, 0.2) is 4.96 Å². The van der Waals surface area contributed by atoms with E-state index < -0.39 is 0 Å². The Hall–Kier alpha value is -2.22. The number of aromatic nitrogens is 2. The van der Waals surface area contributed by atoms with Crippen LogP contribution in [-0.2, 0) is 16.0 Å². The smallest absolute Gasteiger partial charge is 0.226 e. The average molecular weight is 382 g/mol. The molecule has 2 aliphatic heterocycles. The van der Waals surface area contributed by atoms with E-state index in [0.29, 0.717) is 12.5 Å². The fraction of sp³-hybridized carbons (Fsp3) is 0.400. The summed E-state index contributed by atoms with van der Waals surface area (Å²) in [6.45, 7) is 2.50. The lowest BCUT2D eigenvalue weighted by Crippen LogP contribution is -2.43. The first-order valence-corrected chi connectivity index (χ1v) is 10.2. The van der Waals surface area contributed by atoms with E-state index in [-0.39, 0.29) is 18.1 Å². The first-order valence-electron chi connectivity index (χ1n) is 9.35. The van der Waals surface area contributed by atoms with Crippen molar-refractivity contribution in [2.75, 3.05) is 19.7 Å². The van der Waals surface area contributed by atoms with Crippen molar-refractivity contribution in [2.24, 2.45) is 0 Å². The van der Waals surface area contributed by atoms with Crippen LogP contribution in [0.4, 0.5) is 0 Å². The van der Waals surface area contributed by atoms with Crippen LogP contribution in [0.2, 0.25) is 0 Å². The van der Waals surface area contributed by atoms with Gasteiger partial charge in [-0.15, -0.1) is 11.3 Å². The molecule has 27 heavy (non-hydrogen) atoms. The number of carbonyl (C=O) groups excluding carboxylic acids is 1. The predicted octanol–water partition coefficient (Wildman–Crippen LogP) is 2.27. The van der Waals surface area contributed by atoms with Crippen molar-refractivity contribution < 1.29 is 9.53 Å². The van der Waals surface area contributed by atoms with E-state index in [1.165, 1.54) is 5.56 Å². The molecule has 140 valence electrons. The molecule has 2 saturated heterocycles. The van der Waals surface area contributed by atoms with Crippen LogP contribution in [0.1, 0.15) is 23.8 Å². The average Bonchev–Trinajstić information content (AvgIpc) is 3.35. The van der Waals surface area contributed by atoms with Crippen LogP contribution in [-0.4, -0.2) is 52.0 Å². The van der Waals surface area contributed by atoms with Crippen LogP contribution < -0.4 is 5.32 Å². The molecular weight excluding hydrogens is 360 g/mol. The lowest BCUT2D eigenvalue weighted by molar-refractivity contribution is -0.121. The molecule has 1 amide bonds. The zero-order valence-corrected chi connectivity index (χ0v) is 15.8. The second kappa shape index (κ2) is 7.07. The number of hydrogen-bond acceptors (Lipinski definition) is 5. The van der Waals surface area contributed by atoms with Crippen LogP contribution in [0.25, 0.3) is 4.96 Å². The summed E-state index contributed by atoms with van der Waals surface area (Å²) in [6.07, 6.45) is 5.30. The number of thiazole rings is 1. The van der Waals surface area contributed by atoms with Gasteiger partial charge in [0.2, 0.25) is 5.91 Å². The molecule has 7 heteroatoms. The van der Waals surface area contributed by atoms with Gasteiger partial charge in [0.25, 0.3) is 0 Å². The van der Waals surface area contributed by atoms with E-state index in [4.69, 9.17) is 4.74 Å². The number of nitrogens with zero attached hydrogens (tertiary/aromatic N) is 3. The maximum Gasteiger partial charge on any atom is 0.226 e. The minimum absolute atomic E-state index is 0.0473. The lowest BCUT2D eigenvalue weighted by Gasteiger charge is -2.35. The highest BCUT2D eigenvalue weighted by Gasteiger charge is 2.38. The topological polar surface area (TPSA) is 58.9 Å². The largest absolute Gasteiger partial charge is 0.371 e. The Balaban J connectivity index is 1.17. The normalized spacial score (nSPS) is 25.6. The maximum absolute atomic E-state index is 12.5. The molecule has 2 aromatic heterocycles. The van der Waals surface area contributed by atoms with Gasteiger partial charge in [0, 0.05) is 42.9 Å². The Kier molecular flexibility index (Phi) is 4.43. The molecule has 6 nitrogen and oxygen atoms in total. The third kappa shape index (κ3) is 3.50. The number of amides is 1. The Morgan fingerprint density at radius 3 is 3.04 bits per heavy atom. The zero-order valence-electron chi connectivity index (χ0n) is 15.0. The van der Waals surface area contributed by atoms with Gasteiger partial charge >= 0.3 is 0 Å². The van der Waals surface area contributed by atoms with E-state index in [9.17, 15) is 4.79 Å². The molecular formula is C20H22N4O2S. The molecule has 1 aromatic carbocycles. The molecule has 1 N–H and O–H groups in total. The quantitative estimate of drug-likeness (QED) is 0.752. The molecule has 0 unspecified atom stereocenters. The minimum atomic E-state index is 0.0473. The van der Waals surface area contributed by atoms with Gasteiger partial charge in [-0.2, -0.15) is 0 Å². The van der Waals surface area contributed by atoms with Crippen molar-refractivity contribution in [1.29, 1.82) is 0 Å². The summed E-state index contributed by atoms with van der Waals surface area (Å²) < 4.78 is 8.05. The lowest BCUT2D eigenvalue weighted by atomic mass is 10.1. The number of rotatable bonds is 4. The highest BCUT2D eigenvalue weighted by Crippen LogP contribution is 2.30. The van der Waals surface area contributed by atoms with Gasteiger partial charge in [0.1, 0.15) is 0 Å². The summed E-state index contributed by atoms with van der Waals surface area (Å²) >= 11 is 1.58. The summed E-state index contributed by atoms with van der Waals surface area (Å²) in [7, 11) is 0. The number of hydrogen-bond donors (Lipinski definition) is 1. The van der Waals surface area contributed by atoms with Crippen molar-refractivity contribution in [3.8, 4) is 0 Å². The van der Waals surface area contributed by atoms with Gasteiger partial charge in [-0.3, -0.25) is 14.1 Å². The Bertz CT molecular complexity index is 909. The van der Waals surface area contributed by atoms with Crippen molar-refractivity contribution in [3.05, 3.63) is 59.4 Å². The van der Waals surface area contributed by atoms with Crippen LogP contribution >= 0.6 is 11.3 Å². The minimum Gasteiger partial charge on any atom is -0.371 e. The van der Waals surface area contributed by atoms with Gasteiger partial charge in [0.05, 0.1) is 24.8 Å². The number of imidazole rings is 1. The van der Waals surface area contributed by atoms with Gasteiger partial charge < -0.3 is 10.1 Å². The first kappa shape index (κ1) is 16.9. The Morgan fingerprint density at radius 2 is 2.19 bits per heavy atom. The molecule has 0 saturated carbocycles. The molecule has 0 bridgehead atoms. The monoisotopic (exact) mass is 382 g/mol. The third-order valence-electron chi connectivity index (χ3n) is 5.44. The summed E-state index contributed by atoms with van der Waals surface area (Å²) in [6, 6.07) is 11.0. The van der Waals surface area contributed by atoms with Crippen LogP contribution in [0.5, 0.6) is 0 Å². The highest BCUT2D eigenvalue weighted by molar-refractivity contribution is 7.15. The van der Waals surface area contributed by atoms with Crippen molar-refractivity contribution in [1.82, 2.24) is 19.6 Å². The van der Waals surface area contributed by atoms with Crippen molar-refractivity contribution >= 4 is 22.2 Å². The fourth-order valence-electron chi connectivity index (χ4n) is 4.15. The van der Waals surface area contributed by atoms with E-state index in [1.807, 2.05) is 28.2 Å². The Morgan fingerprint density at radius 1 is 1.30 bits per heavy atom. The molecule has 5 rings (SSSR count). The second-order valence-electron chi connectivity index (χ2n) is 7.34. The van der Waals surface area contributed by atoms with Gasteiger partial charge in [-0.25, -0.2) is 4.98 Å². The second-order valence-corrected chi connectivity index (χ2v) is 8.22. The predicted molar refractivity (Wildman–Crippen MR) is 104 cm³/mol. The van der Waals surface area contributed by atoms with Gasteiger partial charge in [-0.05, 0) is 12.0 Å². The van der Waals surface area contributed by atoms with Crippen LogP contribution in [0.15, 0.2) is 48.1 Å². The summed E-state index contributed by atoms with van der Waals surface area (Å²) in [4.78, 5) is 20.3. The summed E-state index contributed by atoms with van der Waals surface area (Å²) in [5.41, 5.74) is 2.05. The fourth-order valence-corrected chi connectivity index (χ4v) is 4.87. The van der Waals surface area contributed by atoms with Crippen molar-refractivity contribution in [2.45, 2.75) is 31.0 Å². The van der Waals surface area contributed by atoms with E-state index >= 15 is 0 Å². The number of nitrogens with one attached hydrogen (secondary N) is 1. The third-order valence-corrected chi connectivity index (χ3v) is 6.21. The molecule has 3 aromatic rings. The molecule has 2 aliphatic rings. The number of carbonyl (C=O) groups is 1. The number of ether oxygens (including phenoxy) is 1. The van der Waals surface area contributed by atoms with E-state index in [1.54, 1.807) is 11.3 Å². The standard InChI is InChI=1S/C20H22N4O2S/c25-19(9-16-10-23-6-7-27-20(23)22-16)21-15-8-17-13-26-18(12-24(17)11-15)14-4-2-1-3-5-14/h1-7,10,15,17-18H,8-9,11-13H2,(H,21,25)/t15-,17+,18-/m1/s1. The molecule has 2 fully saturated rings. The maximum atomic E-state index is 12.5.